The van der Waals surface area contributed by atoms with E-state index in [1.54, 1.807) is 30.3 Å². The molecule has 1 aromatic heterocycles. The summed E-state index contributed by atoms with van der Waals surface area (Å²) >= 11 is 16.9. The van der Waals surface area contributed by atoms with E-state index in [9.17, 15) is 12.8 Å². The van der Waals surface area contributed by atoms with Gasteiger partial charge >= 0.3 is 0 Å². The van der Waals surface area contributed by atoms with Crippen molar-refractivity contribution >= 4 is 65.4 Å². The Labute approximate surface area is 203 Å². The summed E-state index contributed by atoms with van der Waals surface area (Å²) < 4.78 is 40.2. The molecule has 0 radical (unpaired) electrons. The molecule has 0 unspecified atom stereocenters. The van der Waals surface area contributed by atoms with Gasteiger partial charge in [-0.05, 0) is 48.7 Å². The van der Waals surface area contributed by atoms with Gasteiger partial charge < -0.3 is 4.90 Å². The minimum Gasteiger partial charge on any atom is -0.348 e. The number of aromatic nitrogens is 1. The molecule has 1 saturated heterocycles. The molecule has 2 heterocycles. The summed E-state index contributed by atoms with van der Waals surface area (Å²) in [5.74, 6) is -0.438. The average Bonchev–Trinajstić information content (AvgIpc) is 3.19. The first-order chi connectivity index (χ1) is 14.7. The highest BCUT2D eigenvalue weighted by Crippen LogP contribution is 2.33. The number of halogens is 4. The molecular weight excluding hydrogens is 546 g/mol. The van der Waals surface area contributed by atoms with Crippen molar-refractivity contribution in [3.63, 3.8) is 0 Å². The summed E-state index contributed by atoms with van der Waals surface area (Å²) in [6, 6.07) is 9.52. The molecule has 0 N–H and O–H groups in total. The lowest BCUT2D eigenvalue weighted by atomic mass is 10.1. The van der Waals surface area contributed by atoms with Crippen molar-refractivity contribution in [2.24, 2.45) is 0 Å². The van der Waals surface area contributed by atoms with E-state index in [-0.39, 0.29) is 14.9 Å². The maximum absolute atomic E-state index is 13.3. The van der Waals surface area contributed by atoms with E-state index in [4.69, 9.17) is 23.2 Å². The number of sulfone groups is 1. The van der Waals surface area contributed by atoms with Crippen LogP contribution in [0.5, 0.6) is 0 Å². The van der Waals surface area contributed by atoms with Crippen LogP contribution in [0.3, 0.4) is 0 Å². The first-order valence-corrected chi connectivity index (χ1v) is 13.5. The normalized spacial score (nSPS) is 15.4. The SMILES string of the molecule is O=S(=O)(c1ccc(Br)cc1Cl)C1CCN(c2nc(Cc3ccc(F)c(Cl)c3)cs2)CC1. The highest BCUT2D eigenvalue weighted by molar-refractivity contribution is 9.10. The summed E-state index contributed by atoms with van der Waals surface area (Å²) in [6.45, 7) is 1.21. The highest BCUT2D eigenvalue weighted by Gasteiger charge is 2.33. The maximum atomic E-state index is 13.3. The molecule has 164 valence electrons. The van der Waals surface area contributed by atoms with Gasteiger partial charge in [-0.25, -0.2) is 17.8 Å². The third-order valence-electron chi connectivity index (χ3n) is 5.26. The topological polar surface area (TPSA) is 50.3 Å². The molecule has 0 aliphatic carbocycles. The van der Waals surface area contributed by atoms with Crippen LogP contribution in [0.15, 0.2) is 51.1 Å². The van der Waals surface area contributed by atoms with Crippen molar-refractivity contribution in [1.82, 2.24) is 4.98 Å². The maximum Gasteiger partial charge on any atom is 0.185 e. The zero-order chi connectivity index (χ0) is 22.2. The van der Waals surface area contributed by atoms with Crippen LogP contribution in [-0.4, -0.2) is 31.7 Å². The van der Waals surface area contributed by atoms with Crippen molar-refractivity contribution < 1.29 is 12.8 Å². The molecule has 0 saturated carbocycles. The average molecular weight is 564 g/mol. The number of anilines is 1. The van der Waals surface area contributed by atoms with Gasteiger partial charge in [-0.2, -0.15) is 0 Å². The second-order valence-corrected chi connectivity index (χ2v) is 12.1. The molecule has 2 aromatic carbocycles. The van der Waals surface area contributed by atoms with Crippen LogP contribution in [0.2, 0.25) is 10.0 Å². The standard InChI is InChI=1S/C21H18BrCl2FN2O2S2/c22-14-2-4-20(18(24)11-14)31(28,29)16-5-7-27(8-6-16)21-26-15(12-30-21)9-13-1-3-19(25)17(23)10-13/h1-4,10-12,16H,5-9H2. The molecular formula is C21H18BrCl2FN2O2S2. The zero-order valence-corrected chi connectivity index (χ0v) is 20.9. The molecule has 1 aliphatic rings. The molecule has 0 bridgehead atoms. The van der Waals surface area contributed by atoms with Gasteiger partial charge in [0.05, 0.1) is 25.9 Å². The van der Waals surface area contributed by atoms with Gasteiger partial charge in [0.2, 0.25) is 0 Å². The Kier molecular flexibility index (Phi) is 6.93. The van der Waals surface area contributed by atoms with Gasteiger partial charge in [-0.3, -0.25) is 0 Å². The lowest BCUT2D eigenvalue weighted by Gasteiger charge is -2.31. The summed E-state index contributed by atoms with van der Waals surface area (Å²) in [5.41, 5.74) is 1.76. The van der Waals surface area contributed by atoms with E-state index in [0.29, 0.717) is 32.4 Å². The Hall–Kier alpha value is -1.19. The molecule has 4 nitrogen and oxygen atoms in total. The zero-order valence-electron chi connectivity index (χ0n) is 16.2. The number of nitrogens with zero attached hydrogens (tertiary/aromatic N) is 2. The van der Waals surface area contributed by atoms with Crippen molar-refractivity contribution in [2.45, 2.75) is 29.4 Å². The van der Waals surface area contributed by atoms with Crippen LogP contribution >= 0.6 is 50.5 Å². The predicted molar refractivity (Wildman–Crippen MR) is 128 cm³/mol. The predicted octanol–water partition coefficient (Wildman–Crippen LogP) is 6.39. The molecule has 0 amide bonds. The molecule has 4 rings (SSSR count). The van der Waals surface area contributed by atoms with Crippen molar-refractivity contribution in [3.8, 4) is 0 Å². The van der Waals surface area contributed by atoms with Crippen molar-refractivity contribution in [3.05, 3.63) is 73.4 Å². The number of piperidine rings is 1. The molecule has 31 heavy (non-hydrogen) atoms. The Morgan fingerprint density at radius 2 is 1.87 bits per heavy atom. The monoisotopic (exact) mass is 562 g/mol. The van der Waals surface area contributed by atoms with Crippen LogP contribution in [0.1, 0.15) is 24.1 Å². The van der Waals surface area contributed by atoms with Crippen LogP contribution in [0.4, 0.5) is 9.52 Å². The largest absolute Gasteiger partial charge is 0.348 e. The van der Waals surface area contributed by atoms with Gasteiger partial charge in [0.15, 0.2) is 15.0 Å². The van der Waals surface area contributed by atoms with E-state index in [1.807, 2.05) is 5.38 Å². The summed E-state index contributed by atoms with van der Waals surface area (Å²) in [4.78, 5) is 6.98. The van der Waals surface area contributed by atoms with Gasteiger partial charge in [0.1, 0.15) is 5.82 Å². The number of thiazole rings is 1. The molecule has 1 fully saturated rings. The van der Waals surface area contributed by atoms with E-state index >= 15 is 0 Å². The van der Waals surface area contributed by atoms with E-state index < -0.39 is 20.9 Å². The van der Waals surface area contributed by atoms with Crippen LogP contribution in [-0.2, 0) is 16.3 Å². The number of hydrogen-bond acceptors (Lipinski definition) is 5. The molecule has 10 heteroatoms. The summed E-state index contributed by atoms with van der Waals surface area (Å²) in [7, 11) is -3.50. The van der Waals surface area contributed by atoms with E-state index in [0.717, 1.165) is 20.9 Å². The quantitative estimate of drug-likeness (QED) is 0.361. The van der Waals surface area contributed by atoms with Crippen LogP contribution in [0.25, 0.3) is 0 Å². The number of rotatable bonds is 5. The van der Waals surface area contributed by atoms with Gasteiger partial charge in [-0.1, -0.05) is 45.2 Å². The van der Waals surface area contributed by atoms with Gasteiger partial charge in [0.25, 0.3) is 0 Å². The van der Waals surface area contributed by atoms with E-state index in [1.165, 1.54) is 17.4 Å². The smallest absolute Gasteiger partial charge is 0.185 e. The Bertz CT molecular complexity index is 1210. The summed E-state index contributed by atoms with van der Waals surface area (Å²) in [6.07, 6.45) is 1.58. The minimum absolute atomic E-state index is 0.0992. The van der Waals surface area contributed by atoms with Gasteiger partial charge in [0, 0.05) is 29.4 Å². The van der Waals surface area contributed by atoms with Crippen molar-refractivity contribution in [1.29, 1.82) is 0 Å². The lowest BCUT2D eigenvalue weighted by molar-refractivity contribution is 0.529. The Morgan fingerprint density at radius 1 is 1.13 bits per heavy atom. The van der Waals surface area contributed by atoms with Crippen LogP contribution < -0.4 is 4.90 Å². The minimum atomic E-state index is -3.50. The lowest BCUT2D eigenvalue weighted by Crippen LogP contribution is -2.39. The fourth-order valence-corrected chi connectivity index (χ4v) is 7.48. The number of benzene rings is 2. The molecule has 0 atom stereocenters. The van der Waals surface area contributed by atoms with Gasteiger partial charge in [-0.15, -0.1) is 11.3 Å². The van der Waals surface area contributed by atoms with Crippen LogP contribution in [0, 0.1) is 5.82 Å². The Balaban J connectivity index is 1.41. The second-order valence-electron chi connectivity index (χ2n) is 7.35. The fraction of sp³-hybridized carbons (Fsp3) is 0.286. The Morgan fingerprint density at radius 3 is 2.55 bits per heavy atom. The fourth-order valence-electron chi connectivity index (χ4n) is 3.62. The third kappa shape index (κ3) is 5.09. The molecule has 3 aromatic rings. The first-order valence-electron chi connectivity index (χ1n) is 9.56. The summed E-state index contributed by atoms with van der Waals surface area (Å²) in [5, 5.41) is 2.70. The third-order valence-corrected chi connectivity index (χ3v) is 9.74. The molecule has 1 aliphatic heterocycles. The molecule has 0 spiro atoms. The second kappa shape index (κ2) is 9.35. The first kappa shape index (κ1) is 23.0. The van der Waals surface area contributed by atoms with E-state index in [2.05, 4.69) is 25.8 Å². The highest BCUT2D eigenvalue weighted by atomic mass is 79.9. The van der Waals surface area contributed by atoms with Crippen molar-refractivity contribution in [2.75, 3.05) is 18.0 Å². The number of hydrogen-bond donors (Lipinski definition) is 0.